The zero-order chi connectivity index (χ0) is 10.9. The lowest BCUT2D eigenvalue weighted by atomic mass is 10.2. The van der Waals surface area contributed by atoms with Crippen molar-refractivity contribution < 1.29 is 9.53 Å². The number of carbonyl (C=O) groups excluding carboxylic acids is 1. The Bertz CT molecular complexity index is 411. The Kier molecular flexibility index (Phi) is 2.23. The van der Waals surface area contributed by atoms with Crippen LogP contribution in [0.5, 0.6) is 0 Å². The highest BCUT2D eigenvalue weighted by Gasteiger charge is 2.33. The molecule has 3 heteroatoms. The van der Waals surface area contributed by atoms with E-state index in [1.807, 2.05) is 37.3 Å². The normalized spacial score (nSPS) is 24.7. The fourth-order valence-electron chi connectivity index (χ4n) is 1.64. The number of hydrogen-bond donors (Lipinski definition) is 1. The molecule has 0 amide bonds. The summed E-state index contributed by atoms with van der Waals surface area (Å²) in [6.07, 6.45) is 1.79. The van der Waals surface area contributed by atoms with E-state index in [-0.39, 0.29) is 5.97 Å². The van der Waals surface area contributed by atoms with Crippen LogP contribution in [0, 0.1) is 0 Å². The average molecular weight is 203 g/mol. The Balaban J connectivity index is 2.17. The Hall–Kier alpha value is -1.77. The van der Waals surface area contributed by atoms with E-state index in [4.69, 9.17) is 4.74 Å². The quantitative estimate of drug-likeness (QED) is 0.749. The van der Waals surface area contributed by atoms with Gasteiger partial charge in [0.2, 0.25) is 5.72 Å². The van der Waals surface area contributed by atoms with Crippen LogP contribution < -0.4 is 5.32 Å². The summed E-state index contributed by atoms with van der Waals surface area (Å²) in [6.45, 7) is 3.58. The molecular formula is C12H13NO2. The van der Waals surface area contributed by atoms with E-state index < -0.39 is 5.72 Å². The number of anilines is 1. The first-order valence-corrected chi connectivity index (χ1v) is 4.85. The number of ether oxygens (including phenoxy) is 1. The summed E-state index contributed by atoms with van der Waals surface area (Å²) in [5.41, 5.74) is 0.849. The monoisotopic (exact) mass is 203 g/mol. The summed E-state index contributed by atoms with van der Waals surface area (Å²) >= 11 is 0. The van der Waals surface area contributed by atoms with Gasteiger partial charge in [-0.1, -0.05) is 18.2 Å². The van der Waals surface area contributed by atoms with Gasteiger partial charge in [-0.05, 0) is 32.1 Å². The molecule has 0 saturated heterocycles. The van der Waals surface area contributed by atoms with Crippen molar-refractivity contribution >= 4 is 11.7 Å². The molecule has 0 saturated carbocycles. The number of cyclic esters (lactones) is 1. The number of esters is 1. The van der Waals surface area contributed by atoms with Gasteiger partial charge in [-0.3, -0.25) is 0 Å². The van der Waals surface area contributed by atoms with Gasteiger partial charge < -0.3 is 10.1 Å². The van der Waals surface area contributed by atoms with E-state index in [0.29, 0.717) is 5.57 Å². The van der Waals surface area contributed by atoms with Gasteiger partial charge in [0.05, 0.1) is 0 Å². The molecule has 1 unspecified atom stereocenters. The van der Waals surface area contributed by atoms with Crippen molar-refractivity contribution in [2.24, 2.45) is 0 Å². The summed E-state index contributed by atoms with van der Waals surface area (Å²) in [5.74, 6) is -0.263. The number of para-hydroxylation sites is 1. The molecule has 1 aliphatic rings. The van der Waals surface area contributed by atoms with Gasteiger partial charge in [-0.15, -0.1) is 0 Å². The molecule has 1 aromatic carbocycles. The highest BCUT2D eigenvalue weighted by Crippen LogP contribution is 2.25. The van der Waals surface area contributed by atoms with Crippen LogP contribution in [0.15, 0.2) is 42.0 Å². The average Bonchev–Trinajstić information content (AvgIpc) is 2.42. The van der Waals surface area contributed by atoms with E-state index in [9.17, 15) is 4.79 Å². The maximum Gasteiger partial charge on any atom is 0.335 e. The largest absolute Gasteiger partial charge is 0.432 e. The summed E-state index contributed by atoms with van der Waals surface area (Å²) in [4.78, 5) is 11.2. The van der Waals surface area contributed by atoms with Gasteiger partial charge in [-0.25, -0.2) is 4.79 Å². The zero-order valence-corrected chi connectivity index (χ0v) is 8.78. The summed E-state index contributed by atoms with van der Waals surface area (Å²) in [5, 5.41) is 3.16. The van der Waals surface area contributed by atoms with E-state index in [1.165, 1.54) is 0 Å². The predicted octanol–water partition coefficient (Wildman–Crippen LogP) is 2.32. The number of rotatable bonds is 2. The molecule has 1 N–H and O–H groups in total. The van der Waals surface area contributed by atoms with Gasteiger partial charge >= 0.3 is 5.97 Å². The van der Waals surface area contributed by atoms with Crippen molar-refractivity contribution in [3.63, 3.8) is 0 Å². The Morgan fingerprint density at radius 2 is 1.93 bits per heavy atom. The zero-order valence-electron chi connectivity index (χ0n) is 8.78. The van der Waals surface area contributed by atoms with Crippen LogP contribution in [-0.4, -0.2) is 11.7 Å². The van der Waals surface area contributed by atoms with Gasteiger partial charge in [0.25, 0.3) is 0 Å². The third kappa shape index (κ3) is 2.01. The predicted molar refractivity (Wildman–Crippen MR) is 58.3 cm³/mol. The third-order valence-corrected chi connectivity index (χ3v) is 2.28. The molecule has 0 radical (unpaired) electrons. The molecule has 3 nitrogen and oxygen atoms in total. The first-order valence-electron chi connectivity index (χ1n) is 4.85. The summed E-state index contributed by atoms with van der Waals surface area (Å²) in [7, 11) is 0. The van der Waals surface area contributed by atoms with Gasteiger partial charge in [0.15, 0.2) is 0 Å². The van der Waals surface area contributed by atoms with Gasteiger partial charge in [-0.2, -0.15) is 0 Å². The van der Waals surface area contributed by atoms with Crippen LogP contribution in [0.25, 0.3) is 0 Å². The first kappa shape index (κ1) is 9.77. The second-order valence-corrected chi connectivity index (χ2v) is 3.81. The highest BCUT2D eigenvalue weighted by molar-refractivity contribution is 5.91. The smallest absolute Gasteiger partial charge is 0.335 e. The molecule has 0 aromatic heterocycles. The second-order valence-electron chi connectivity index (χ2n) is 3.81. The second kappa shape index (κ2) is 3.42. The molecule has 1 heterocycles. The fourth-order valence-corrected chi connectivity index (χ4v) is 1.64. The molecule has 15 heavy (non-hydrogen) atoms. The number of benzene rings is 1. The molecule has 0 fully saturated rings. The third-order valence-electron chi connectivity index (χ3n) is 2.28. The van der Waals surface area contributed by atoms with Crippen LogP contribution in [0.4, 0.5) is 5.69 Å². The standard InChI is InChI=1S/C12H13NO2/c1-9-8-12(2,15-11(9)14)13-10-6-4-3-5-7-10/h3-8,13H,1-2H3. The molecule has 1 atom stereocenters. The molecule has 1 aromatic rings. The van der Waals surface area contributed by atoms with Crippen molar-refractivity contribution in [2.75, 3.05) is 5.32 Å². The molecule has 2 rings (SSSR count). The van der Waals surface area contributed by atoms with Crippen LogP contribution in [0.3, 0.4) is 0 Å². The minimum atomic E-state index is -0.720. The fraction of sp³-hybridized carbons (Fsp3) is 0.250. The maximum absolute atomic E-state index is 11.2. The Morgan fingerprint density at radius 1 is 1.27 bits per heavy atom. The number of carbonyl (C=O) groups is 1. The summed E-state index contributed by atoms with van der Waals surface area (Å²) < 4.78 is 5.22. The van der Waals surface area contributed by atoms with Crippen molar-refractivity contribution in [3.05, 3.63) is 42.0 Å². The van der Waals surface area contributed by atoms with Crippen LogP contribution in [0.2, 0.25) is 0 Å². The number of nitrogens with one attached hydrogen (secondary N) is 1. The van der Waals surface area contributed by atoms with E-state index in [2.05, 4.69) is 5.32 Å². The molecule has 0 spiro atoms. The molecule has 0 bridgehead atoms. The van der Waals surface area contributed by atoms with E-state index in [1.54, 1.807) is 13.0 Å². The van der Waals surface area contributed by atoms with E-state index in [0.717, 1.165) is 5.69 Å². The van der Waals surface area contributed by atoms with Crippen LogP contribution in [-0.2, 0) is 9.53 Å². The van der Waals surface area contributed by atoms with Gasteiger partial charge in [0.1, 0.15) is 0 Å². The minimum Gasteiger partial charge on any atom is -0.432 e. The van der Waals surface area contributed by atoms with Crippen molar-refractivity contribution in [3.8, 4) is 0 Å². The summed E-state index contributed by atoms with van der Waals surface area (Å²) in [6, 6.07) is 9.66. The molecular weight excluding hydrogens is 190 g/mol. The Labute approximate surface area is 88.8 Å². The Morgan fingerprint density at radius 3 is 2.47 bits per heavy atom. The lowest BCUT2D eigenvalue weighted by Gasteiger charge is -2.23. The number of hydrogen-bond acceptors (Lipinski definition) is 3. The van der Waals surface area contributed by atoms with Crippen molar-refractivity contribution in [1.29, 1.82) is 0 Å². The van der Waals surface area contributed by atoms with Crippen molar-refractivity contribution in [1.82, 2.24) is 0 Å². The lowest BCUT2D eigenvalue weighted by Crippen LogP contribution is -2.33. The highest BCUT2D eigenvalue weighted by atomic mass is 16.6. The van der Waals surface area contributed by atoms with Gasteiger partial charge in [0, 0.05) is 11.3 Å². The van der Waals surface area contributed by atoms with E-state index >= 15 is 0 Å². The lowest BCUT2D eigenvalue weighted by molar-refractivity contribution is -0.143. The first-order chi connectivity index (χ1) is 7.09. The molecule has 0 aliphatic carbocycles. The molecule has 78 valence electrons. The molecule has 1 aliphatic heterocycles. The maximum atomic E-state index is 11.2. The SMILES string of the molecule is CC1=CC(C)(Nc2ccccc2)OC1=O. The van der Waals surface area contributed by atoms with Crippen LogP contribution in [0.1, 0.15) is 13.8 Å². The topological polar surface area (TPSA) is 38.3 Å². The minimum absolute atomic E-state index is 0.263. The van der Waals surface area contributed by atoms with Crippen LogP contribution >= 0.6 is 0 Å². The van der Waals surface area contributed by atoms with Crippen molar-refractivity contribution in [2.45, 2.75) is 19.6 Å².